The number of rotatable bonds is 4. The summed E-state index contributed by atoms with van der Waals surface area (Å²) in [6.45, 7) is 4.13. The van der Waals surface area contributed by atoms with E-state index in [0.29, 0.717) is 10.9 Å². The number of aromatic amines is 1. The Morgan fingerprint density at radius 1 is 1.47 bits per heavy atom. The summed E-state index contributed by atoms with van der Waals surface area (Å²) in [5, 5.41) is 7.02. The Bertz CT molecular complexity index is 632. The Labute approximate surface area is 116 Å². The molecule has 0 fully saturated rings. The SMILES string of the molecule is Cc1ccc(C(N)CSc2n[nH]c(=O)n2C)c(C)c1. The molecule has 1 atom stereocenters. The molecule has 0 radical (unpaired) electrons. The summed E-state index contributed by atoms with van der Waals surface area (Å²) < 4.78 is 1.49. The number of H-pyrrole nitrogens is 1. The van der Waals surface area contributed by atoms with Crippen LogP contribution in [0.3, 0.4) is 0 Å². The summed E-state index contributed by atoms with van der Waals surface area (Å²) in [5.74, 6) is 0.683. The maximum Gasteiger partial charge on any atom is 0.343 e. The van der Waals surface area contributed by atoms with Gasteiger partial charge in [0.05, 0.1) is 0 Å². The smallest absolute Gasteiger partial charge is 0.323 e. The zero-order valence-electron chi connectivity index (χ0n) is 11.3. The molecule has 5 nitrogen and oxygen atoms in total. The van der Waals surface area contributed by atoms with Crippen molar-refractivity contribution in [2.24, 2.45) is 12.8 Å². The number of nitrogens with zero attached hydrogens (tertiary/aromatic N) is 2. The standard InChI is InChI=1S/C13H18N4OS/c1-8-4-5-10(9(2)6-8)11(14)7-19-13-16-15-12(18)17(13)3/h4-6,11H,7,14H2,1-3H3,(H,15,18). The molecule has 1 unspecified atom stereocenters. The van der Waals surface area contributed by atoms with Gasteiger partial charge in [0.1, 0.15) is 0 Å². The third kappa shape index (κ3) is 3.08. The third-order valence-electron chi connectivity index (χ3n) is 3.06. The van der Waals surface area contributed by atoms with Crippen molar-refractivity contribution in [3.8, 4) is 0 Å². The molecule has 0 spiro atoms. The largest absolute Gasteiger partial charge is 0.343 e. The molecule has 0 saturated heterocycles. The van der Waals surface area contributed by atoms with Gasteiger partial charge >= 0.3 is 5.69 Å². The third-order valence-corrected chi connectivity index (χ3v) is 4.20. The van der Waals surface area contributed by atoms with Crippen LogP contribution in [-0.2, 0) is 7.05 Å². The van der Waals surface area contributed by atoms with Crippen LogP contribution in [0, 0.1) is 13.8 Å². The number of thioether (sulfide) groups is 1. The number of aromatic nitrogens is 3. The van der Waals surface area contributed by atoms with E-state index in [1.54, 1.807) is 7.05 Å². The maximum atomic E-state index is 11.2. The molecule has 0 bridgehead atoms. The fourth-order valence-electron chi connectivity index (χ4n) is 1.96. The fraction of sp³-hybridized carbons (Fsp3) is 0.385. The minimum absolute atomic E-state index is 0.0718. The van der Waals surface area contributed by atoms with Crippen LogP contribution in [0.5, 0.6) is 0 Å². The van der Waals surface area contributed by atoms with E-state index in [1.807, 2.05) is 0 Å². The van der Waals surface area contributed by atoms with Gasteiger partial charge in [0.15, 0.2) is 5.16 Å². The molecule has 19 heavy (non-hydrogen) atoms. The van der Waals surface area contributed by atoms with Crippen molar-refractivity contribution in [3.63, 3.8) is 0 Å². The minimum atomic E-state index is -0.206. The van der Waals surface area contributed by atoms with Crippen LogP contribution in [0.2, 0.25) is 0 Å². The lowest BCUT2D eigenvalue weighted by molar-refractivity contribution is 0.758. The fourth-order valence-corrected chi connectivity index (χ4v) is 2.85. The first-order valence-corrected chi connectivity index (χ1v) is 7.04. The summed E-state index contributed by atoms with van der Waals surface area (Å²) in [6.07, 6.45) is 0. The van der Waals surface area contributed by atoms with E-state index < -0.39 is 0 Å². The summed E-state index contributed by atoms with van der Waals surface area (Å²) in [7, 11) is 1.69. The van der Waals surface area contributed by atoms with E-state index in [9.17, 15) is 4.79 Å². The highest BCUT2D eigenvalue weighted by molar-refractivity contribution is 7.99. The van der Waals surface area contributed by atoms with Crippen LogP contribution >= 0.6 is 11.8 Å². The second kappa shape index (κ2) is 5.63. The first-order chi connectivity index (χ1) is 8.99. The Balaban J connectivity index is 2.07. The molecule has 2 aromatic rings. The number of hydrogen-bond acceptors (Lipinski definition) is 4. The highest BCUT2D eigenvalue weighted by Crippen LogP contribution is 2.23. The summed E-state index contributed by atoms with van der Waals surface area (Å²) in [6, 6.07) is 6.19. The van der Waals surface area contributed by atoms with E-state index in [-0.39, 0.29) is 11.7 Å². The van der Waals surface area contributed by atoms with Crippen LogP contribution in [0.25, 0.3) is 0 Å². The zero-order valence-corrected chi connectivity index (χ0v) is 12.1. The van der Waals surface area contributed by atoms with Crippen LogP contribution in [-0.4, -0.2) is 20.5 Å². The van der Waals surface area contributed by atoms with Crippen molar-refractivity contribution in [2.45, 2.75) is 25.0 Å². The van der Waals surface area contributed by atoms with Crippen LogP contribution in [0.15, 0.2) is 28.2 Å². The first-order valence-electron chi connectivity index (χ1n) is 6.06. The molecule has 1 heterocycles. The van der Waals surface area contributed by atoms with Gasteiger partial charge in [-0.1, -0.05) is 35.5 Å². The Hall–Kier alpha value is -1.53. The van der Waals surface area contributed by atoms with Gasteiger partial charge in [0.2, 0.25) is 0 Å². The Morgan fingerprint density at radius 3 is 2.79 bits per heavy atom. The highest BCUT2D eigenvalue weighted by atomic mass is 32.2. The molecule has 102 valence electrons. The van der Waals surface area contributed by atoms with Gasteiger partial charge < -0.3 is 5.73 Å². The van der Waals surface area contributed by atoms with Gasteiger partial charge in [-0.05, 0) is 25.0 Å². The molecule has 0 aliphatic heterocycles. The van der Waals surface area contributed by atoms with Crippen molar-refractivity contribution in [3.05, 3.63) is 45.4 Å². The molecular formula is C13H18N4OS. The Kier molecular flexibility index (Phi) is 4.11. The zero-order chi connectivity index (χ0) is 14.0. The van der Waals surface area contributed by atoms with Gasteiger partial charge in [0, 0.05) is 18.8 Å². The summed E-state index contributed by atoms with van der Waals surface area (Å²) >= 11 is 1.48. The lowest BCUT2D eigenvalue weighted by atomic mass is 10.0. The molecule has 6 heteroatoms. The van der Waals surface area contributed by atoms with Crippen molar-refractivity contribution >= 4 is 11.8 Å². The summed E-state index contributed by atoms with van der Waals surface area (Å²) in [4.78, 5) is 11.2. The molecule has 2 rings (SSSR count). The molecule has 0 aliphatic rings. The van der Waals surface area contributed by atoms with Crippen LogP contribution in [0.4, 0.5) is 0 Å². The lowest BCUT2D eigenvalue weighted by Gasteiger charge is -2.14. The van der Waals surface area contributed by atoms with E-state index in [0.717, 1.165) is 5.56 Å². The average molecular weight is 278 g/mol. The first kappa shape index (κ1) is 13.9. The predicted octanol–water partition coefficient (Wildman–Crippen LogP) is 1.52. The van der Waals surface area contributed by atoms with E-state index in [4.69, 9.17) is 5.73 Å². The van der Waals surface area contributed by atoms with Gasteiger partial charge in [-0.15, -0.1) is 5.10 Å². The normalized spacial score (nSPS) is 12.6. The number of hydrogen-bond donors (Lipinski definition) is 2. The van der Waals surface area contributed by atoms with Gasteiger partial charge in [0.25, 0.3) is 0 Å². The van der Waals surface area contributed by atoms with Crippen LogP contribution in [0.1, 0.15) is 22.7 Å². The van der Waals surface area contributed by atoms with Crippen molar-refractivity contribution in [2.75, 3.05) is 5.75 Å². The lowest BCUT2D eigenvalue weighted by Crippen LogP contribution is -2.16. The minimum Gasteiger partial charge on any atom is -0.323 e. The van der Waals surface area contributed by atoms with Gasteiger partial charge in [-0.25, -0.2) is 9.89 Å². The topological polar surface area (TPSA) is 76.7 Å². The molecule has 1 aromatic carbocycles. The number of nitrogens with one attached hydrogen (secondary N) is 1. The van der Waals surface area contributed by atoms with Gasteiger partial charge in [-0.3, -0.25) is 4.57 Å². The number of nitrogens with two attached hydrogens (primary N) is 1. The quantitative estimate of drug-likeness (QED) is 0.831. The van der Waals surface area contributed by atoms with Crippen molar-refractivity contribution in [1.82, 2.24) is 14.8 Å². The molecule has 0 saturated carbocycles. The molecule has 0 amide bonds. The second-order valence-corrected chi connectivity index (χ2v) is 5.64. The summed E-state index contributed by atoms with van der Waals surface area (Å²) in [5.41, 5.74) is 9.57. The maximum absolute atomic E-state index is 11.2. The molecule has 1 aromatic heterocycles. The highest BCUT2D eigenvalue weighted by Gasteiger charge is 2.12. The monoisotopic (exact) mass is 278 g/mol. The second-order valence-electron chi connectivity index (χ2n) is 4.65. The van der Waals surface area contributed by atoms with Crippen molar-refractivity contribution < 1.29 is 0 Å². The van der Waals surface area contributed by atoms with Crippen LogP contribution < -0.4 is 11.4 Å². The molecule has 0 aliphatic carbocycles. The van der Waals surface area contributed by atoms with Gasteiger partial charge in [-0.2, -0.15) is 0 Å². The number of benzene rings is 1. The van der Waals surface area contributed by atoms with E-state index >= 15 is 0 Å². The number of aryl methyl sites for hydroxylation is 2. The Morgan fingerprint density at radius 2 is 2.21 bits per heavy atom. The van der Waals surface area contributed by atoms with Crippen molar-refractivity contribution in [1.29, 1.82) is 0 Å². The molecular weight excluding hydrogens is 260 g/mol. The average Bonchev–Trinajstić information content (AvgIpc) is 2.67. The predicted molar refractivity (Wildman–Crippen MR) is 77.4 cm³/mol. The molecule has 3 N–H and O–H groups in total. The van der Waals surface area contributed by atoms with E-state index in [1.165, 1.54) is 27.5 Å². The van der Waals surface area contributed by atoms with E-state index in [2.05, 4.69) is 42.2 Å².